The van der Waals surface area contributed by atoms with Gasteiger partial charge in [-0.1, -0.05) is 30.7 Å². The van der Waals surface area contributed by atoms with Gasteiger partial charge in [0.1, 0.15) is 0 Å². The summed E-state index contributed by atoms with van der Waals surface area (Å²) in [5.41, 5.74) is 1.81. The molecule has 176 valence electrons. The number of anilines is 2. The number of esters is 1. The number of imide groups is 1. The molecule has 1 heterocycles. The molecule has 1 aliphatic heterocycles. The predicted octanol–water partition coefficient (Wildman–Crippen LogP) is 4.91. The highest BCUT2D eigenvalue weighted by Gasteiger charge is 2.50. The Kier molecular flexibility index (Phi) is 6.91. The number of hydrogen-bond acceptors (Lipinski definition) is 5. The summed E-state index contributed by atoms with van der Waals surface area (Å²) >= 11 is 9.48. The summed E-state index contributed by atoms with van der Waals surface area (Å²) in [4.78, 5) is 51.5. The molecule has 4 rings (SSSR count). The highest BCUT2D eigenvalue weighted by atomic mass is 79.9. The fourth-order valence-electron chi connectivity index (χ4n) is 4.34. The van der Waals surface area contributed by atoms with Crippen LogP contribution in [0.3, 0.4) is 0 Å². The first-order valence-corrected chi connectivity index (χ1v) is 11.9. The first-order valence-electron chi connectivity index (χ1n) is 10.7. The smallest absolute Gasteiger partial charge is 0.338 e. The fraction of sp³-hybridized carbons (Fsp3) is 0.280. The van der Waals surface area contributed by atoms with Crippen molar-refractivity contribution < 1.29 is 23.9 Å². The van der Waals surface area contributed by atoms with Crippen LogP contribution in [-0.2, 0) is 19.1 Å². The van der Waals surface area contributed by atoms with Crippen LogP contribution in [0.25, 0.3) is 0 Å². The second-order valence-corrected chi connectivity index (χ2v) is 9.60. The molecule has 0 saturated carbocycles. The van der Waals surface area contributed by atoms with Crippen LogP contribution in [0.4, 0.5) is 11.4 Å². The molecule has 0 bridgehead atoms. The Morgan fingerprint density at radius 3 is 2.53 bits per heavy atom. The Balaban J connectivity index is 1.37. The van der Waals surface area contributed by atoms with Crippen LogP contribution in [-0.4, -0.2) is 30.3 Å². The lowest BCUT2D eigenvalue weighted by Crippen LogP contribution is -2.31. The number of halogens is 2. The fourth-order valence-corrected chi connectivity index (χ4v) is 4.93. The number of carbonyl (C=O) groups is 4. The van der Waals surface area contributed by atoms with Crippen LogP contribution in [0, 0.1) is 24.7 Å². The van der Waals surface area contributed by atoms with Crippen molar-refractivity contribution in [1.29, 1.82) is 0 Å². The molecule has 0 aromatic heterocycles. The summed E-state index contributed by atoms with van der Waals surface area (Å²) in [6.07, 6.45) is 4.47. The summed E-state index contributed by atoms with van der Waals surface area (Å²) in [5.74, 6) is -2.35. The highest BCUT2D eigenvalue weighted by molar-refractivity contribution is 9.10. The van der Waals surface area contributed by atoms with Gasteiger partial charge in [0, 0.05) is 10.2 Å². The van der Waals surface area contributed by atoms with Gasteiger partial charge in [-0.05, 0) is 77.2 Å². The molecule has 1 N–H and O–H groups in total. The van der Waals surface area contributed by atoms with Crippen molar-refractivity contribution >= 4 is 62.6 Å². The third-order valence-electron chi connectivity index (χ3n) is 6.18. The zero-order chi connectivity index (χ0) is 24.6. The lowest BCUT2D eigenvalue weighted by atomic mass is 9.78. The average molecular weight is 546 g/mol. The van der Waals surface area contributed by atoms with E-state index in [2.05, 4.69) is 21.2 Å². The molecule has 2 aromatic rings. The molecule has 1 aliphatic carbocycles. The molecular formula is C25H22BrClN2O5. The standard InChI is InChI=1S/C25H22BrClN2O5/c1-13-4-3-5-17-21(13)24(32)29(23(17)31)16-8-6-15(7-9-16)25(33)34-12-20(30)28-19-11-10-18(26)22(27)14(19)2/h3-4,6-11,13,17,21H,5,12H2,1-2H3,(H,28,30)/t13-,17+,21+/m0/s1. The number of allylic oxidation sites excluding steroid dienone is 2. The highest BCUT2D eigenvalue weighted by Crippen LogP contribution is 2.40. The van der Waals surface area contributed by atoms with E-state index < -0.39 is 18.5 Å². The van der Waals surface area contributed by atoms with E-state index >= 15 is 0 Å². The summed E-state index contributed by atoms with van der Waals surface area (Å²) < 4.78 is 5.82. The first kappa shape index (κ1) is 24.2. The molecule has 7 nitrogen and oxygen atoms in total. The van der Waals surface area contributed by atoms with E-state index in [9.17, 15) is 19.2 Å². The molecule has 34 heavy (non-hydrogen) atoms. The van der Waals surface area contributed by atoms with Gasteiger partial charge in [-0.25, -0.2) is 4.79 Å². The minimum atomic E-state index is -0.696. The van der Waals surface area contributed by atoms with Crippen LogP contribution in [0.2, 0.25) is 5.02 Å². The Morgan fingerprint density at radius 2 is 1.85 bits per heavy atom. The number of nitrogens with zero attached hydrogens (tertiary/aromatic N) is 1. The van der Waals surface area contributed by atoms with Gasteiger partial charge in [0.2, 0.25) is 11.8 Å². The van der Waals surface area contributed by atoms with E-state index in [1.165, 1.54) is 29.2 Å². The predicted molar refractivity (Wildman–Crippen MR) is 132 cm³/mol. The van der Waals surface area contributed by atoms with Crippen LogP contribution in [0.5, 0.6) is 0 Å². The molecule has 2 aliphatic rings. The number of ether oxygens (including phenoxy) is 1. The van der Waals surface area contributed by atoms with Crippen molar-refractivity contribution in [2.24, 2.45) is 17.8 Å². The molecule has 3 atom stereocenters. The normalized spacial score (nSPS) is 21.4. The number of hydrogen-bond donors (Lipinski definition) is 1. The largest absolute Gasteiger partial charge is 0.452 e. The van der Waals surface area contributed by atoms with E-state index in [1.54, 1.807) is 19.1 Å². The number of rotatable bonds is 5. The van der Waals surface area contributed by atoms with Gasteiger partial charge in [-0.3, -0.25) is 19.3 Å². The zero-order valence-electron chi connectivity index (χ0n) is 18.5. The second-order valence-electron chi connectivity index (χ2n) is 8.37. The molecule has 3 amide bonds. The number of nitrogens with one attached hydrogen (secondary N) is 1. The molecule has 2 aromatic carbocycles. The third kappa shape index (κ3) is 4.52. The zero-order valence-corrected chi connectivity index (χ0v) is 20.9. The maximum atomic E-state index is 12.9. The number of benzene rings is 2. The van der Waals surface area contributed by atoms with Crippen molar-refractivity contribution in [2.75, 3.05) is 16.8 Å². The maximum absolute atomic E-state index is 12.9. The van der Waals surface area contributed by atoms with Gasteiger partial charge < -0.3 is 10.1 Å². The Morgan fingerprint density at radius 1 is 1.15 bits per heavy atom. The van der Waals surface area contributed by atoms with Gasteiger partial charge in [-0.2, -0.15) is 0 Å². The van der Waals surface area contributed by atoms with Crippen LogP contribution >= 0.6 is 27.5 Å². The monoisotopic (exact) mass is 544 g/mol. The molecule has 1 saturated heterocycles. The summed E-state index contributed by atoms with van der Waals surface area (Å²) in [7, 11) is 0. The van der Waals surface area contributed by atoms with E-state index in [0.29, 0.717) is 32.9 Å². The van der Waals surface area contributed by atoms with Crippen LogP contribution < -0.4 is 10.2 Å². The third-order valence-corrected chi connectivity index (χ3v) is 7.56. The lowest BCUT2D eigenvalue weighted by molar-refractivity contribution is -0.123. The Hall–Kier alpha value is -2.97. The minimum Gasteiger partial charge on any atom is -0.452 e. The van der Waals surface area contributed by atoms with E-state index in [4.69, 9.17) is 16.3 Å². The van der Waals surface area contributed by atoms with Crippen LogP contribution in [0.1, 0.15) is 29.3 Å². The van der Waals surface area contributed by atoms with E-state index in [-0.39, 0.29) is 35.1 Å². The number of carbonyl (C=O) groups excluding carboxylic acids is 4. The van der Waals surface area contributed by atoms with Gasteiger partial charge in [0.25, 0.3) is 5.91 Å². The topological polar surface area (TPSA) is 92.8 Å². The molecule has 0 unspecified atom stereocenters. The first-order chi connectivity index (χ1) is 16.2. The number of fused-ring (bicyclic) bond motifs is 1. The average Bonchev–Trinajstić information content (AvgIpc) is 3.09. The summed E-state index contributed by atoms with van der Waals surface area (Å²) in [6.45, 7) is 3.22. The molecular weight excluding hydrogens is 524 g/mol. The van der Waals surface area contributed by atoms with Crippen molar-refractivity contribution in [3.05, 3.63) is 69.2 Å². The Labute approximate surface area is 210 Å². The van der Waals surface area contributed by atoms with E-state index in [0.717, 1.165) is 0 Å². The lowest BCUT2D eigenvalue weighted by Gasteiger charge is -2.22. The quantitative estimate of drug-likeness (QED) is 0.327. The van der Waals surface area contributed by atoms with Crippen molar-refractivity contribution in [3.63, 3.8) is 0 Å². The molecule has 1 fully saturated rings. The summed E-state index contributed by atoms with van der Waals surface area (Å²) in [5, 5.41) is 3.14. The van der Waals surface area contributed by atoms with Gasteiger partial charge in [-0.15, -0.1) is 0 Å². The molecule has 0 radical (unpaired) electrons. The van der Waals surface area contributed by atoms with Crippen molar-refractivity contribution in [1.82, 2.24) is 0 Å². The van der Waals surface area contributed by atoms with Crippen LogP contribution in [0.15, 0.2) is 53.0 Å². The molecule has 9 heteroatoms. The van der Waals surface area contributed by atoms with Crippen molar-refractivity contribution in [2.45, 2.75) is 20.3 Å². The second kappa shape index (κ2) is 9.72. The molecule has 0 spiro atoms. The van der Waals surface area contributed by atoms with Crippen molar-refractivity contribution in [3.8, 4) is 0 Å². The van der Waals surface area contributed by atoms with Gasteiger partial charge in [0.15, 0.2) is 6.61 Å². The van der Waals surface area contributed by atoms with E-state index in [1.807, 2.05) is 19.1 Å². The maximum Gasteiger partial charge on any atom is 0.338 e. The SMILES string of the molecule is Cc1c(NC(=O)COC(=O)c2ccc(N3C(=O)[C@@H]4[C@@H](C)C=CC[C@H]4C3=O)cc2)ccc(Br)c1Cl. The number of amides is 3. The Bertz CT molecular complexity index is 1210. The minimum absolute atomic E-state index is 0.00202. The van der Waals surface area contributed by atoms with Gasteiger partial charge >= 0.3 is 5.97 Å². The van der Waals surface area contributed by atoms with Gasteiger partial charge in [0.05, 0.1) is 28.1 Å². The summed E-state index contributed by atoms with van der Waals surface area (Å²) in [6, 6.07) is 9.42.